The van der Waals surface area contributed by atoms with Crippen molar-refractivity contribution in [3.8, 4) is 0 Å². The molecule has 7 heteroatoms. The van der Waals surface area contributed by atoms with E-state index < -0.39 is 16.4 Å². The molecule has 2 rings (SSSR count). The number of nitrogens with one attached hydrogen (secondary N) is 1. The maximum absolute atomic E-state index is 10.9. The molecule has 0 aliphatic heterocycles. The van der Waals surface area contributed by atoms with E-state index in [2.05, 4.69) is 21.2 Å². The fourth-order valence-corrected chi connectivity index (χ4v) is 2.71. The van der Waals surface area contributed by atoms with Gasteiger partial charge in [-0.15, -0.1) is 0 Å². The number of carbonyl (C=O) groups is 1. The van der Waals surface area contributed by atoms with Crippen LogP contribution in [0, 0.1) is 10.1 Å². The van der Waals surface area contributed by atoms with Crippen LogP contribution in [0.25, 0.3) is 0 Å². The summed E-state index contributed by atoms with van der Waals surface area (Å²) in [6.45, 7) is 0. The van der Waals surface area contributed by atoms with Gasteiger partial charge >= 0.3 is 5.97 Å². The average Bonchev–Trinajstić information content (AvgIpc) is 2.27. The molecular weight excluding hydrogens is 316 g/mol. The molecule has 0 bridgehead atoms. The van der Waals surface area contributed by atoms with E-state index in [1.165, 1.54) is 12.1 Å². The van der Waals surface area contributed by atoms with E-state index in [4.69, 9.17) is 5.11 Å². The number of nitro groups is 1. The lowest BCUT2D eigenvalue weighted by molar-refractivity contribution is -0.384. The maximum Gasteiger partial charge on any atom is 0.305 e. The van der Waals surface area contributed by atoms with Gasteiger partial charge in [0.1, 0.15) is 0 Å². The van der Waals surface area contributed by atoms with Gasteiger partial charge in [-0.05, 0) is 41.3 Å². The number of benzene rings is 1. The zero-order valence-corrected chi connectivity index (χ0v) is 11.6. The van der Waals surface area contributed by atoms with Crippen molar-refractivity contribution in [1.29, 1.82) is 0 Å². The quantitative estimate of drug-likeness (QED) is 0.639. The van der Waals surface area contributed by atoms with Crippen LogP contribution in [0.2, 0.25) is 0 Å². The molecule has 102 valence electrons. The van der Waals surface area contributed by atoms with Crippen molar-refractivity contribution in [3.05, 3.63) is 32.8 Å². The fraction of sp³-hybridized carbons (Fsp3) is 0.417. The first kappa shape index (κ1) is 13.8. The van der Waals surface area contributed by atoms with Gasteiger partial charge in [-0.1, -0.05) is 0 Å². The predicted molar refractivity (Wildman–Crippen MR) is 73.3 cm³/mol. The Morgan fingerprint density at radius 1 is 1.53 bits per heavy atom. The van der Waals surface area contributed by atoms with Crippen LogP contribution in [0.3, 0.4) is 0 Å². The summed E-state index contributed by atoms with van der Waals surface area (Å²) in [6.07, 6.45) is 2.63. The molecule has 0 unspecified atom stereocenters. The van der Waals surface area contributed by atoms with E-state index in [-0.39, 0.29) is 12.1 Å². The van der Waals surface area contributed by atoms with Crippen molar-refractivity contribution in [2.45, 2.75) is 31.2 Å². The highest BCUT2D eigenvalue weighted by atomic mass is 79.9. The van der Waals surface area contributed by atoms with E-state index in [0.717, 1.165) is 19.3 Å². The van der Waals surface area contributed by atoms with E-state index >= 15 is 0 Å². The Bertz CT molecular complexity index is 528. The lowest BCUT2D eigenvalue weighted by Crippen LogP contribution is -2.46. The molecule has 1 aromatic carbocycles. The van der Waals surface area contributed by atoms with Crippen LogP contribution in [0.5, 0.6) is 0 Å². The predicted octanol–water partition coefficient (Wildman–Crippen LogP) is 3.17. The van der Waals surface area contributed by atoms with E-state index in [0.29, 0.717) is 10.2 Å². The summed E-state index contributed by atoms with van der Waals surface area (Å²) in [5.41, 5.74) is 0.259. The van der Waals surface area contributed by atoms with Gasteiger partial charge in [0.15, 0.2) is 0 Å². The topological polar surface area (TPSA) is 92.5 Å². The number of hydrogen-bond acceptors (Lipinski definition) is 4. The summed E-state index contributed by atoms with van der Waals surface area (Å²) < 4.78 is 0.568. The third-order valence-electron chi connectivity index (χ3n) is 3.36. The third-order valence-corrected chi connectivity index (χ3v) is 4.02. The van der Waals surface area contributed by atoms with Crippen LogP contribution in [0.4, 0.5) is 11.4 Å². The molecule has 0 heterocycles. The van der Waals surface area contributed by atoms with Crippen LogP contribution in [-0.2, 0) is 4.79 Å². The number of rotatable bonds is 5. The van der Waals surface area contributed by atoms with E-state index in [1.54, 1.807) is 6.07 Å². The van der Waals surface area contributed by atoms with Crippen molar-refractivity contribution in [2.75, 3.05) is 5.32 Å². The van der Waals surface area contributed by atoms with Crippen molar-refractivity contribution in [3.63, 3.8) is 0 Å². The summed E-state index contributed by atoms with van der Waals surface area (Å²) in [7, 11) is 0. The van der Waals surface area contributed by atoms with Crippen molar-refractivity contribution in [1.82, 2.24) is 0 Å². The molecule has 1 aliphatic rings. The van der Waals surface area contributed by atoms with Crippen LogP contribution in [0.15, 0.2) is 22.7 Å². The first-order valence-corrected chi connectivity index (χ1v) is 6.65. The van der Waals surface area contributed by atoms with Crippen LogP contribution < -0.4 is 5.32 Å². The zero-order chi connectivity index (χ0) is 14.0. The number of nitro benzene ring substituents is 1. The number of hydrogen-bond donors (Lipinski definition) is 2. The second kappa shape index (κ2) is 5.16. The molecule has 2 N–H and O–H groups in total. The Balaban J connectivity index is 2.18. The Labute approximate surface area is 118 Å². The number of carboxylic acid groups (broad SMARTS) is 1. The largest absolute Gasteiger partial charge is 0.481 e. The van der Waals surface area contributed by atoms with Gasteiger partial charge in [0.2, 0.25) is 0 Å². The lowest BCUT2D eigenvalue weighted by atomic mass is 9.74. The van der Waals surface area contributed by atoms with E-state index in [9.17, 15) is 14.9 Å². The lowest BCUT2D eigenvalue weighted by Gasteiger charge is -2.42. The molecule has 0 aromatic heterocycles. The van der Waals surface area contributed by atoms with Crippen LogP contribution in [-0.4, -0.2) is 21.5 Å². The summed E-state index contributed by atoms with van der Waals surface area (Å²) in [5, 5.41) is 22.8. The van der Waals surface area contributed by atoms with Gasteiger partial charge in [0.05, 0.1) is 11.3 Å². The molecule has 0 radical (unpaired) electrons. The number of aliphatic carboxylic acids is 1. The van der Waals surface area contributed by atoms with Gasteiger partial charge in [-0.2, -0.15) is 0 Å². The molecule has 19 heavy (non-hydrogen) atoms. The number of non-ortho nitro benzene ring substituents is 1. The number of anilines is 1. The smallest absolute Gasteiger partial charge is 0.305 e. The summed E-state index contributed by atoms with van der Waals surface area (Å²) in [6, 6.07) is 4.42. The molecule has 1 saturated carbocycles. The Kier molecular flexibility index (Phi) is 3.75. The standard InChI is InChI=1S/C12H13BrN2O4/c13-9-6-8(15(18)19)2-3-10(9)14-12(4-1-5-12)7-11(16)17/h2-3,6,14H,1,4-5,7H2,(H,16,17). The first-order valence-electron chi connectivity index (χ1n) is 5.86. The zero-order valence-electron chi connectivity index (χ0n) is 10.1. The summed E-state index contributed by atoms with van der Waals surface area (Å²) in [5.74, 6) is -0.842. The Morgan fingerprint density at radius 3 is 2.63 bits per heavy atom. The highest BCUT2D eigenvalue weighted by Crippen LogP contribution is 2.40. The highest BCUT2D eigenvalue weighted by molar-refractivity contribution is 9.10. The Morgan fingerprint density at radius 2 is 2.21 bits per heavy atom. The second-order valence-corrected chi connectivity index (χ2v) is 5.60. The van der Waals surface area contributed by atoms with Gasteiger partial charge in [0.25, 0.3) is 5.69 Å². The monoisotopic (exact) mass is 328 g/mol. The normalized spacial score (nSPS) is 16.5. The Hall–Kier alpha value is -1.63. The number of halogens is 1. The molecular formula is C12H13BrN2O4. The molecule has 0 atom stereocenters. The van der Waals surface area contributed by atoms with Gasteiger partial charge < -0.3 is 10.4 Å². The third kappa shape index (κ3) is 3.04. The summed E-state index contributed by atoms with van der Waals surface area (Å²) in [4.78, 5) is 21.1. The van der Waals surface area contributed by atoms with Crippen molar-refractivity contribution >= 4 is 33.3 Å². The number of carboxylic acids is 1. The van der Waals surface area contributed by atoms with Gasteiger partial charge in [-0.3, -0.25) is 14.9 Å². The van der Waals surface area contributed by atoms with Crippen molar-refractivity contribution < 1.29 is 14.8 Å². The molecule has 0 saturated heterocycles. The molecule has 0 spiro atoms. The fourth-order valence-electron chi connectivity index (χ4n) is 2.24. The minimum Gasteiger partial charge on any atom is -0.481 e. The SMILES string of the molecule is O=C(O)CC1(Nc2ccc([N+](=O)[O-])cc2Br)CCC1. The average molecular weight is 329 g/mol. The van der Waals surface area contributed by atoms with Crippen molar-refractivity contribution in [2.24, 2.45) is 0 Å². The van der Waals surface area contributed by atoms with Gasteiger partial charge in [-0.25, -0.2) is 0 Å². The maximum atomic E-state index is 10.9. The second-order valence-electron chi connectivity index (χ2n) is 4.75. The van der Waals surface area contributed by atoms with E-state index in [1.807, 2.05) is 0 Å². The van der Waals surface area contributed by atoms with Crippen LogP contribution in [0.1, 0.15) is 25.7 Å². The molecule has 1 aromatic rings. The number of nitrogens with zero attached hydrogens (tertiary/aromatic N) is 1. The molecule has 0 amide bonds. The molecule has 1 aliphatic carbocycles. The minimum atomic E-state index is -0.842. The minimum absolute atomic E-state index is 0.00156. The van der Waals surface area contributed by atoms with Gasteiger partial charge in [0, 0.05) is 27.8 Å². The summed E-state index contributed by atoms with van der Waals surface area (Å²) >= 11 is 3.27. The molecule has 6 nitrogen and oxygen atoms in total. The highest BCUT2D eigenvalue weighted by Gasteiger charge is 2.39. The molecule has 1 fully saturated rings. The van der Waals surface area contributed by atoms with Crippen LogP contribution >= 0.6 is 15.9 Å². The first-order chi connectivity index (χ1) is 8.92.